The van der Waals surface area contributed by atoms with E-state index in [0.717, 1.165) is 45.8 Å². The van der Waals surface area contributed by atoms with Crippen LogP contribution in [0.25, 0.3) is 11.0 Å². The Hall–Kier alpha value is -3.60. The number of benzene rings is 3. The van der Waals surface area contributed by atoms with E-state index in [4.69, 9.17) is 9.72 Å². The maximum atomic E-state index is 13.0. The number of fused-ring (bicyclic) bond motifs is 1. The van der Waals surface area contributed by atoms with Gasteiger partial charge in [-0.05, 0) is 61.2 Å². The number of anilines is 1. The molecule has 1 fully saturated rings. The highest BCUT2D eigenvalue weighted by molar-refractivity contribution is 5.96. The van der Waals surface area contributed by atoms with E-state index in [0.29, 0.717) is 26.1 Å². The lowest BCUT2D eigenvalue weighted by Crippen LogP contribution is -2.24. The van der Waals surface area contributed by atoms with E-state index in [1.165, 1.54) is 5.56 Å². The molecule has 1 amide bonds. The third kappa shape index (κ3) is 4.18. The standard InChI is InChI=1S/C29H31N3O2/c1-4-22-12-14-24(15-13-22)32-19-23(18-27(32)33)29-30-25-10-5-6-11-26(25)31(29)16-17-34-28-20(2)8-7-9-21(28)3/h5-15,23H,4,16-19H2,1-3H3/t23-/m1/s1. The Morgan fingerprint density at radius 3 is 2.44 bits per heavy atom. The lowest BCUT2D eigenvalue weighted by Gasteiger charge is -2.18. The Morgan fingerprint density at radius 2 is 1.71 bits per heavy atom. The number of carbonyl (C=O) groups excluding carboxylic acids is 1. The van der Waals surface area contributed by atoms with Crippen molar-refractivity contribution in [2.75, 3.05) is 18.1 Å². The summed E-state index contributed by atoms with van der Waals surface area (Å²) in [5, 5.41) is 0. The van der Waals surface area contributed by atoms with Crippen molar-refractivity contribution in [2.24, 2.45) is 0 Å². The molecule has 0 aliphatic carbocycles. The van der Waals surface area contributed by atoms with Gasteiger partial charge < -0.3 is 14.2 Å². The predicted octanol–water partition coefficient (Wildman–Crippen LogP) is 5.82. The van der Waals surface area contributed by atoms with Crippen LogP contribution >= 0.6 is 0 Å². The van der Waals surface area contributed by atoms with Crippen LogP contribution in [0.1, 0.15) is 41.8 Å². The minimum atomic E-state index is 0.0472. The van der Waals surface area contributed by atoms with Crippen LogP contribution in [-0.2, 0) is 17.8 Å². The molecule has 1 aliphatic heterocycles. The van der Waals surface area contributed by atoms with Crippen molar-refractivity contribution in [3.05, 3.63) is 89.2 Å². The van der Waals surface area contributed by atoms with Crippen molar-refractivity contribution in [1.82, 2.24) is 9.55 Å². The second kappa shape index (κ2) is 9.34. The van der Waals surface area contributed by atoms with Crippen LogP contribution in [0.5, 0.6) is 5.75 Å². The Bertz CT molecular complexity index is 1300. The monoisotopic (exact) mass is 453 g/mol. The van der Waals surface area contributed by atoms with E-state index in [1.54, 1.807) is 0 Å². The fourth-order valence-electron chi connectivity index (χ4n) is 4.95. The number of aryl methyl sites for hydroxylation is 3. The molecule has 5 rings (SSSR count). The summed E-state index contributed by atoms with van der Waals surface area (Å²) >= 11 is 0. The van der Waals surface area contributed by atoms with Gasteiger partial charge in [-0.3, -0.25) is 4.79 Å². The smallest absolute Gasteiger partial charge is 0.227 e. The number of nitrogens with zero attached hydrogens (tertiary/aromatic N) is 3. The zero-order valence-electron chi connectivity index (χ0n) is 20.1. The molecule has 5 nitrogen and oxygen atoms in total. The summed E-state index contributed by atoms with van der Waals surface area (Å²) in [6.45, 7) is 8.16. The largest absolute Gasteiger partial charge is 0.491 e. The summed E-state index contributed by atoms with van der Waals surface area (Å²) in [6.07, 6.45) is 1.46. The molecule has 0 unspecified atom stereocenters. The predicted molar refractivity (Wildman–Crippen MR) is 137 cm³/mol. The van der Waals surface area contributed by atoms with E-state index >= 15 is 0 Å². The molecular formula is C29H31N3O2. The van der Waals surface area contributed by atoms with Gasteiger partial charge in [-0.25, -0.2) is 4.98 Å². The Labute approximate surface area is 201 Å². The zero-order valence-corrected chi connectivity index (χ0v) is 20.1. The highest BCUT2D eigenvalue weighted by atomic mass is 16.5. The highest BCUT2D eigenvalue weighted by Gasteiger charge is 2.34. The molecule has 34 heavy (non-hydrogen) atoms. The zero-order chi connectivity index (χ0) is 23.7. The molecular weight excluding hydrogens is 422 g/mol. The molecule has 1 aliphatic rings. The molecule has 5 heteroatoms. The van der Waals surface area contributed by atoms with E-state index < -0.39 is 0 Å². The number of aromatic nitrogens is 2. The van der Waals surface area contributed by atoms with Gasteiger partial charge in [0.2, 0.25) is 5.91 Å². The SMILES string of the molecule is CCc1ccc(N2C[C@H](c3nc4ccccc4n3CCOc3c(C)cccc3C)CC2=O)cc1. The summed E-state index contributed by atoms with van der Waals surface area (Å²) in [5.74, 6) is 2.11. The maximum absolute atomic E-state index is 13.0. The van der Waals surface area contributed by atoms with Crippen LogP contribution in [0.4, 0.5) is 5.69 Å². The molecule has 3 aromatic carbocycles. The summed E-state index contributed by atoms with van der Waals surface area (Å²) in [6, 6.07) is 22.7. The second-order valence-corrected chi connectivity index (χ2v) is 9.11. The molecule has 0 N–H and O–H groups in total. The Balaban J connectivity index is 1.40. The summed E-state index contributed by atoms with van der Waals surface area (Å²) in [7, 11) is 0. The minimum absolute atomic E-state index is 0.0472. The van der Waals surface area contributed by atoms with Gasteiger partial charge in [0.1, 0.15) is 18.2 Å². The number of hydrogen-bond acceptors (Lipinski definition) is 3. The van der Waals surface area contributed by atoms with Crippen molar-refractivity contribution in [3.8, 4) is 5.75 Å². The normalized spacial score (nSPS) is 15.9. The van der Waals surface area contributed by atoms with Crippen LogP contribution in [0, 0.1) is 13.8 Å². The minimum Gasteiger partial charge on any atom is -0.491 e. The molecule has 0 saturated carbocycles. The summed E-state index contributed by atoms with van der Waals surface area (Å²) in [4.78, 5) is 19.9. The molecule has 1 saturated heterocycles. The van der Waals surface area contributed by atoms with Crippen LogP contribution in [-0.4, -0.2) is 28.6 Å². The third-order valence-corrected chi connectivity index (χ3v) is 6.80. The van der Waals surface area contributed by atoms with Crippen molar-refractivity contribution < 1.29 is 9.53 Å². The van der Waals surface area contributed by atoms with Gasteiger partial charge in [-0.2, -0.15) is 0 Å². The number of hydrogen-bond donors (Lipinski definition) is 0. The van der Waals surface area contributed by atoms with Gasteiger partial charge in [0.25, 0.3) is 0 Å². The van der Waals surface area contributed by atoms with E-state index in [1.807, 2.05) is 23.1 Å². The van der Waals surface area contributed by atoms with Crippen molar-refractivity contribution in [3.63, 3.8) is 0 Å². The number of rotatable bonds is 7. The second-order valence-electron chi connectivity index (χ2n) is 9.11. The van der Waals surface area contributed by atoms with Gasteiger partial charge in [-0.1, -0.05) is 49.4 Å². The topological polar surface area (TPSA) is 47.4 Å². The highest BCUT2D eigenvalue weighted by Crippen LogP contribution is 2.33. The quantitative estimate of drug-likeness (QED) is 0.354. The first-order chi connectivity index (χ1) is 16.5. The van der Waals surface area contributed by atoms with Gasteiger partial charge in [0, 0.05) is 24.6 Å². The lowest BCUT2D eigenvalue weighted by atomic mass is 10.1. The Kier molecular flexibility index (Phi) is 6.10. The molecule has 1 aromatic heterocycles. The first-order valence-corrected chi connectivity index (χ1v) is 12.1. The van der Waals surface area contributed by atoms with Gasteiger partial charge in [0.05, 0.1) is 17.6 Å². The van der Waals surface area contributed by atoms with Gasteiger partial charge in [0.15, 0.2) is 0 Å². The summed E-state index contributed by atoms with van der Waals surface area (Å²) < 4.78 is 8.46. The van der Waals surface area contributed by atoms with Crippen LogP contribution in [0.3, 0.4) is 0 Å². The number of amides is 1. The van der Waals surface area contributed by atoms with Crippen LogP contribution in [0.15, 0.2) is 66.7 Å². The molecule has 0 radical (unpaired) electrons. The third-order valence-electron chi connectivity index (χ3n) is 6.80. The van der Waals surface area contributed by atoms with Gasteiger partial charge in [-0.15, -0.1) is 0 Å². The first-order valence-electron chi connectivity index (χ1n) is 12.1. The fraction of sp³-hybridized carbons (Fsp3) is 0.310. The number of ether oxygens (including phenoxy) is 1. The molecule has 1 atom stereocenters. The maximum Gasteiger partial charge on any atom is 0.227 e. The molecule has 2 heterocycles. The lowest BCUT2D eigenvalue weighted by molar-refractivity contribution is -0.117. The van der Waals surface area contributed by atoms with E-state index in [9.17, 15) is 4.79 Å². The molecule has 174 valence electrons. The average Bonchev–Trinajstić information content (AvgIpc) is 3.41. The molecule has 0 spiro atoms. The van der Waals surface area contributed by atoms with Crippen molar-refractivity contribution in [2.45, 2.75) is 46.1 Å². The van der Waals surface area contributed by atoms with E-state index in [-0.39, 0.29) is 11.8 Å². The number of para-hydroxylation sites is 3. The average molecular weight is 454 g/mol. The molecule has 4 aromatic rings. The number of carbonyl (C=O) groups is 1. The van der Waals surface area contributed by atoms with Crippen molar-refractivity contribution >= 4 is 22.6 Å². The Morgan fingerprint density at radius 1 is 0.971 bits per heavy atom. The van der Waals surface area contributed by atoms with Crippen molar-refractivity contribution in [1.29, 1.82) is 0 Å². The fourth-order valence-corrected chi connectivity index (χ4v) is 4.95. The first kappa shape index (κ1) is 22.2. The van der Waals surface area contributed by atoms with E-state index in [2.05, 4.69) is 73.9 Å². The van der Waals surface area contributed by atoms with Crippen LogP contribution < -0.4 is 9.64 Å². The summed E-state index contributed by atoms with van der Waals surface area (Å²) in [5.41, 5.74) is 6.57. The van der Waals surface area contributed by atoms with Crippen LogP contribution in [0.2, 0.25) is 0 Å². The van der Waals surface area contributed by atoms with Gasteiger partial charge >= 0.3 is 0 Å². The number of imidazole rings is 1. The molecule has 0 bridgehead atoms.